The van der Waals surface area contributed by atoms with Crippen LogP contribution in [0, 0.1) is 12.3 Å². The van der Waals surface area contributed by atoms with Gasteiger partial charge in [0.2, 0.25) is 5.95 Å². The van der Waals surface area contributed by atoms with Crippen molar-refractivity contribution in [3.8, 4) is 12.3 Å². The van der Waals surface area contributed by atoms with Crippen LogP contribution < -0.4 is 10.4 Å². The number of carbonyl (C=O) groups excluding carboxylic acids is 1. The Hall–Kier alpha value is -2.29. The number of nitrogens with zero attached hydrogens (tertiary/aromatic N) is 3. The zero-order valence-electron chi connectivity index (χ0n) is 10.7. The van der Waals surface area contributed by atoms with Crippen LogP contribution in [0.2, 0.25) is 0 Å². The Bertz CT molecular complexity index is 434. The predicted octanol–water partition coefficient (Wildman–Crippen LogP) is 1.36. The van der Waals surface area contributed by atoms with Crippen molar-refractivity contribution in [1.29, 1.82) is 0 Å². The molecule has 0 radical (unpaired) electrons. The van der Waals surface area contributed by atoms with Gasteiger partial charge < -0.3 is 4.74 Å². The van der Waals surface area contributed by atoms with E-state index in [2.05, 4.69) is 21.3 Å². The lowest BCUT2D eigenvalue weighted by molar-refractivity contribution is 0.0522. The summed E-state index contributed by atoms with van der Waals surface area (Å²) in [5, 5.41) is 1.34. The van der Waals surface area contributed by atoms with Crippen LogP contribution in [0.5, 0.6) is 0 Å². The van der Waals surface area contributed by atoms with Gasteiger partial charge in [-0.2, -0.15) is 0 Å². The Kier molecular flexibility index (Phi) is 4.49. The summed E-state index contributed by atoms with van der Waals surface area (Å²) in [6, 6.07) is 1.67. The van der Waals surface area contributed by atoms with E-state index < -0.39 is 11.7 Å². The number of nitrogens with one attached hydrogen (secondary N) is 1. The van der Waals surface area contributed by atoms with Gasteiger partial charge in [-0.3, -0.25) is 0 Å². The Labute approximate surface area is 106 Å². The third kappa shape index (κ3) is 4.70. The van der Waals surface area contributed by atoms with Crippen LogP contribution in [-0.2, 0) is 4.74 Å². The summed E-state index contributed by atoms with van der Waals surface area (Å²) in [5.74, 6) is 2.72. The van der Waals surface area contributed by atoms with Crippen LogP contribution in [-0.4, -0.2) is 28.2 Å². The smallest absolute Gasteiger partial charge is 0.426 e. The molecule has 1 heterocycles. The normalized spacial score (nSPS) is 10.3. The third-order valence-electron chi connectivity index (χ3n) is 1.67. The SMILES string of the molecule is C#CCN(NC(=O)OC(C)(C)C)c1ncccn1. The second-order valence-electron chi connectivity index (χ2n) is 4.45. The van der Waals surface area contributed by atoms with Crippen molar-refractivity contribution in [3.05, 3.63) is 18.5 Å². The number of hydrogen-bond acceptors (Lipinski definition) is 5. The summed E-state index contributed by atoms with van der Waals surface area (Å²) < 4.78 is 5.12. The summed E-state index contributed by atoms with van der Waals surface area (Å²) in [6.45, 7) is 5.47. The van der Waals surface area contributed by atoms with Gasteiger partial charge in [0.1, 0.15) is 12.1 Å². The first-order chi connectivity index (χ1) is 8.42. The maximum absolute atomic E-state index is 11.6. The van der Waals surface area contributed by atoms with Crippen molar-refractivity contribution in [1.82, 2.24) is 15.4 Å². The van der Waals surface area contributed by atoms with E-state index in [1.54, 1.807) is 39.2 Å². The minimum atomic E-state index is -0.606. The van der Waals surface area contributed by atoms with Crippen LogP contribution in [0.25, 0.3) is 0 Å². The molecule has 1 aromatic heterocycles. The second kappa shape index (κ2) is 5.87. The van der Waals surface area contributed by atoms with Crippen molar-refractivity contribution < 1.29 is 9.53 Å². The van der Waals surface area contributed by atoms with E-state index in [9.17, 15) is 4.79 Å². The highest BCUT2D eigenvalue weighted by Gasteiger charge is 2.19. The second-order valence-corrected chi connectivity index (χ2v) is 4.45. The molecule has 0 aliphatic heterocycles. The van der Waals surface area contributed by atoms with E-state index in [1.807, 2.05) is 0 Å². The summed E-state index contributed by atoms with van der Waals surface area (Å²) in [7, 11) is 0. The van der Waals surface area contributed by atoms with E-state index in [0.29, 0.717) is 5.95 Å². The fourth-order valence-corrected chi connectivity index (χ4v) is 1.09. The van der Waals surface area contributed by atoms with E-state index >= 15 is 0 Å². The number of rotatable bonds is 3. The molecule has 0 unspecified atom stereocenters. The molecule has 0 saturated heterocycles. The van der Waals surface area contributed by atoms with Crippen molar-refractivity contribution >= 4 is 12.0 Å². The van der Waals surface area contributed by atoms with Gasteiger partial charge in [0, 0.05) is 12.4 Å². The van der Waals surface area contributed by atoms with Gasteiger partial charge >= 0.3 is 6.09 Å². The van der Waals surface area contributed by atoms with Crippen LogP contribution in [0.15, 0.2) is 18.5 Å². The molecule has 0 atom stereocenters. The molecule has 96 valence electrons. The van der Waals surface area contributed by atoms with Gasteiger partial charge in [0.15, 0.2) is 0 Å². The number of ether oxygens (including phenoxy) is 1. The van der Waals surface area contributed by atoms with Gasteiger partial charge in [-0.05, 0) is 26.8 Å². The van der Waals surface area contributed by atoms with E-state index in [4.69, 9.17) is 11.2 Å². The number of carbonyl (C=O) groups is 1. The van der Waals surface area contributed by atoms with Gasteiger partial charge in [-0.25, -0.2) is 25.2 Å². The number of amides is 1. The zero-order valence-corrected chi connectivity index (χ0v) is 10.7. The molecule has 1 N–H and O–H groups in total. The molecular formula is C12H16N4O2. The average Bonchev–Trinajstić information content (AvgIpc) is 2.27. The molecule has 0 aliphatic rings. The lowest BCUT2D eigenvalue weighted by atomic mass is 10.2. The molecule has 0 aromatic carbocycles. The fourth-order valence-electron chi connectivity index (χ4n) is 1.09. The van der Waals surface area contributed by atoms with E-state index in [1.165, 1.54) is 5.01 Å². The maximum Gasteiger partial charge on any atom is 0.426 e. The molecule has 0 fully saturated rings. The highest BCUT2D eigenvalue weighted by Crippen LogP contribution is 2.08. The summed E-state index contributed by atoms with van der Waals surface area (Å²) in [4.78, 5) is 19.6. The first-order valence-corrected chi connectivity index (χ1v) is 5.40. The van der Waals surface area contributed by atoms with Crippen molar-refractivity contribution in [2.45, 2.75) is 26.4 Å². The summed E-state index contributed by atoms with van der Waals surface area (Å²) in [5.41, 5.74) is 1.92. The largest absolute Gasteiger partial charge is 0.443 e. The molecule has 1 amide bonds. The van der Waals surface area contributed by atoms with Gasteiger partial charge in [0.05, 0.1) is 0 Å². The first kappa shape index (κ1) is 13.8. The van der Waals surface area contributed by atoms with Crippen LogP contribution in [0.4, 0.5) is 10.7 Å². The number of aromatic nitrogens is 2. The van der Waals surface area contributed by atoms with E-state index in [-0.39, 0.29) is 6.54 Å². The number of hydrazine groups is 1. The zero-order chi connectivity index (χ0) is 13.6. The molecular weight excluding hydrogens is 232 g/mol. The van der Waals surface area contributed by atoms with Gasteiger partial charge in [-0.15, -0.1) is 6.42 Å². The Morgan fingerprint density at radius 1 is 1.50 bits per heavy atom. The number of hydrogen-bond donors (Lipinski definition) is 1. The van der Waals surface area contributed by atoms with Crippen LogP contribution >= 0.6 is 0 Å². The molecule has 6 heteroatoms. The minimum absolute atomic E-state index is 0.142. The topological polar surface area (TPSA) is 67.4 Å². The molecule has 0 bridgehead atoms. The fraction of sp³-hybridized carbons (Fsp3) is 0.417. The number of anilines is 1. The summed E-state index contributed by atoms with van der Waals surface area (Å²) in [6.07, 6.45) is 7.74. The first-order valence-electron chi connectivity index (χ1n) is 5.40. The molecule has 0 saturated carbocycles. The Morgan fingerprint density at radius 3 is 2.61 bits per heavy atom. The van der Waals surface area contributed by atoms with Crippen molar-refractivity contribution in [2.75, 3.05) is 11.6 Å². The predicted molar refractivity (Wildman–Crippen MR) is 67.6 cm³/mol. The van der Waals surface area contributed by atoms with Crippen molar-refractivity contribution in [3.63, 3.8) is 0 Å². The average molecular weight is 248 g/mol. The van der Waals surface area contributed by atoms with E-state index in [0.717, 1.165) is 0 Å². The molecule has 1 aromatic rings. The van der Waals surface area contributed by atoms with Gasteiger partial charge in [0.25, 0.3) is 0 Å². The lowest BCUT2D eigenvalue weighted by Gasteiger charge is -2.24. The molecule has 18 heavy (non-hydrogen) atoms. The van der Waals surface area contributed by atoms with Gasteiger partial charge in [-0.1, -0.05) is 5.92 Å². The van der Waals surface area contributed by atoms with Crippen molar-refractivity contribution in [2.24, 2.45) is 0 Å². The summed E-state index contributed by atoms with van der Waals surface area (Å²) >= 11 is 0. The van der Waals surface area contributed by atoms with Crippen LogP contribution in [0.1, 0.15) is 20.8 Å². The highest BCUT2D eigenvalue weighted by atomic mass is 16.6. The standard InChI is InChI=1S/C12H16N4O2/c1-5-9-16(10-13-7-6-8-14-10)15-11(17)18-12(2,3)4/h1,6-8H,9H2,2-4H3,(H,15,17). The number of terminal acetylenes is 1. The highest BCUT2D eigenvalue weighted by molar-refractivity contribution is 5.69. The van der Waals surface area contributed by atoms with Crippen LogP contribution in [0.3, 0.4) is 0 Å². The Morgan fingerprint density at radius 2 is 2.11 bits per heavy atom. The maximum atomic E-state index is 11.6. The third-order valence-corrected chi connectivity index (χ3v) is 1.67. The molecule has 0 aliphatic carbocycles. The lowest BCUT2D eigenvalue weighted by Crippen LogP contribution is -2.46. The monoisotopic (exact) mass is 248 g/mol. The molecule has 6 nitrogen and oxygen atoms in total. The Balaban J connectivity index is 2.71. The molecule has 0 spiro atoms. The molecule has 1 rings (SSSR count). The minimum Gasteiger partial charge on any atom is -0.443 e. The quantitative estimate of drug-likeness (QED) is 0.646.